The number of pyridine rings is 1. The van der Waals surface area contributed by atoms with E-state index in [1.807, 2.05) is 32.0 Å². The van der Waals surface area contributed by atoms with Crippen LogP contribution in [0.25, 0.3) is 11.3 Å². The number of rotatable bonds is 5. The van der Waals surface area contributed by atoms with Crippen LogP contribution in [-0.2, 0) is 6.54 Å². The largest absolute Gasteiger partial charge is 0.478 e. The van der Waals surface area contributed by atoms with Crippen molar-refractivity contribution in [2.75, 3.05) is 5.32 Å². The molecule has 0 fully saturated rings. The van der Waals surface area contributed by atoms with Gasteiger partial charge < -0.3 is 10.4 Å². The van der Waals surface area contributed by atoms with Crippen LogP contribution in [0.1, 0.15) is 29.8 Å². The zero-order valence-corrected chi connectivity index (χ0v) is 14.2. The molecule has 0 amide bonds. The number of aromatic carboxylic acids is 1. The van der Waals surface area contributed by atoms with E-state index in [1.54, 1.807) is 42.9 Å². The predicted octanol–water partition coefficient (Wildman–Crippen LogP) is 3.88. The Morgan fingerprint density at radius 3 is 2.48 bits per heavy atom. The highest BCUT2D eigenvalue weighted by Gasteiger charge is 2.04. The molecule has 0 spiro atoms. The fourth-order valence-electron chi connectivity index (χ4n) is 2.07. The third kappa shape index (κ3) is 5.10. The van der Waals surface area contributed by atoms with Crippen molar-refractivity contribution in [1.82, 2.24) is 15.0 Å². The van der Waals surface area contributed by atoms with Gasteiger partial charge in [0.2, 0.25) is 5.95 Å². The van der Waals surface area contributed by atoms with Crippen LogP contribution in [0, 0.1) is 0 Å². The molecule has 3 rings (SSSR count). The third-order valence-corrected chi connectivity index (χ3v) is 3.26. The summed E-state index contributed by atoms with van der Waals surface area (Å²) in [7, 11) is 0. The Hall–Kier alpha value is -3.28. The molecule has 128 valence electrons. The first-order chi connectivity index (χ1) is 12.2. The number of hydrogen-bond acceptors (Lipinski definition) is 5. The Bertz CT molecular complexity index is 805. The zero-order chi connectivity index (χ0) is 18.1. The Balaban J connectivity index is 0.00000109. The smallest absolute Gasteiger partial charge is 0.335 e. The first kappa shape index (κ1) is 18.1. The SMILES string of the molecule is CC.O=C(O)c1ccc(CNc2nccc(-c3cccnc3)n2)cc1. The average molecular weight is 336 g/mol. The fourth-order valence-corrected chi connectivity index (χ4v) is 2.07. The summed E-state index contributed by atoms with van der Waals surface area (Å²) in [5.41, 5.74) is 2.93. The third-order valence-electron chi connectivity index (χ3n) is 3.26. The average Bonchev–Trinajstić information content (AvgIpc) is 2.69. The Labute approximate surface area is 146 Å². The first-order valence-electron chi connectivity index (χ1n) is 8.02. The van der Waals surface area contributed by atoms with Gasteiger partial charge in [0.15, 0.2) is 0 Å². The van der Waals surface area contributed by atoms with E-state index >= 15 is 0 Å². The molecule has 0 bridgehead atoms. The number of carboxylic acids is 1. The van der Waals surface area contributed by atoms with Crippen LogP contribution in [0.5, 0.6) is 0 Å². The van der Waals surface area contributed by atoms with E-state index in [9.17, 15) is 4.79 Å². The number of hydrogen-bond donors (Lipinski definition) is 2. The van der Waals surface area contributed by atoms with Gasteiger partial charge in [0.25, 0.3) is 0 Å². The van der Waals surface area contributed by atoms with Crippen LogP contribution < -0.4 is 5.32 Å². The molecule has 0 saturated heterocycles. The predicted molar refractivity (Wildman–Crippen MR) is 97.3 cm³/mol. The molecular formula is C19H20N4O2. The molecule has 2 N–H and O–H groups in total. The zero-order valence-electron chi connectivity index (χ0n) is 14.2. The van der Waals surface area contributed by atoms with Crippen molar-refractivity contribution in [3.8, 4) is 11.3 Å². The molecule has 0 radical (unpaired) electrons. The Morgan fingerprint density at radius 1 is 1.08 bits per heavy atom. The molecule has 2 heterocycles. The van der Waals surface area contributed by atoms with Gasteiger partial charge in [-0.15, -0.1) is 0 Å². The van der Waals surface area contributed by atoms with Gasteiger partial charge in [-0.05, 0) is 35.9 Å². The number of anilines is 1. The second-order valence-electron chi connectivity index (χ2n) is 4.86. The summed E-state index contributed by atoms with van der Waals surface area (Å²) in [6.07, 6.45) is 5.15. The quantitative estimate of drug-likeness (QED) is 0.735. The second-order valence-corrected chi connectivity index (χ2v) is 4.86. The highest BCUT2D eigenvalue weighted by atomic mass is 16.4. The lowest BCUT2D eigenvalue weighted by atomic mass is 10.1. The van der Waals surface area contributed by atoms with Crippen LogP contribution >= 0.6 is 0 Å². The standard InChI is InChI=1S/C17H14N4O2.C2H6/c22-16(23)13-5-3-12(4-6-13)10-20-17-19-9-7-15(21-17)14-2-1-8-18-11-14;1-2/h1-9,11H,10H2,(H,22,23)(H,19,20,21);1-2H3. The highest BCUT2D eigenvalue weighted by Crippen LogP contribution is 2.16. The molecule has 1 aromatic carbocycles. The normalized spacial score (nSPS) is 9.68. The molecule has 0 unspecified atom stereocenters. The number of carboxylic acid groups (broad SMARTS) is 1. The van der Waals surface area contributed by atoms with E-state index in [2.05, 4.69) is 20.3 Å². The molecule has 25 heavy (non-hydrogen) atoms. The van der Waals surface area contributed by atoms with Crippen LogP contribution in [0.3, 0.4) is 0 Å². The van der Waals surface area contributed by atoms with Crippen molar-refractivity contribution in [2.24, 2.45) is 0 Å². The summed E-state index contributed by atoms with van der Waals surface area (Å²) in [6.45, 7) is 4.51. The summed E-state index contributed by atoms with van der Waals surface area (Å²) in [5.74, 6) is -0.425. The van der Waals surface area contributed by atoms with Crippen molar-refractivity contribution >= 4 is 11.9 Å². The maximum absolute atomic E-state index is 10.8. The maximum Gasteiger partial charge on any atom is 0.335 e. The molecular weight excluding hydrogens is 316 g/mol. The van der Waals surface area contributed by atoms with E-state index < -0.39 is 5.97 Å². The summed E-state index contributed by atoms with van der Waals surface area (Å²) >= 11 is 0. The Morgan fingerprint density at radius 2 is 1.84 bits per heavy atom. The van der Waals surface area contributed by atoms with Crippen molar-refractivity contribution in [2.45, 2.75) is 20.4 Å². The van der Waals surface area contributed by atoms with Gasteiger partial charge in [-0.2, -0.15) is 0 Å². The van der Waals surface area contributed by atoms with Gasteiger partial charge in [-0.1, -0.05) is 26.0 Å². The molecule has 0 atom stereocenters. The van der Waals surface area contributed by atoms with Crippen LogP contribution in [0.4, 0.5) is 5.95 Å². The van der Waals surface area contributed by atoms with Crippen molar-refractivity contribution < 1.29 is 9.90 Å². The number of nitrogens with one attached hydrogen (secondary N) is 1. The van der Waals surface area contributed by atoms with Crippen molar-refractivity contribution in [3.63, 3.8) is 0 Å². The van der Waals surface area contributed by atoms with Gasteiger partial charge in [0.05, 0.1) is 11.3 Å². The lowest BCUT2D eigenvalue weighted by Crippen LogP contribution is -2.04. The molecule has 0 aliphatic heterocycles. The van der Waals surface area contributed by atoms with E-state index in [1.165, 1.54) is 0 Å². The number of nitrogens with zero attached hydrogens (tertiary/aromatic N) is 3. The molecule has 3 aromatic rings. The van der Waals surface area contributed by atoms with E-state index in [0.717, 1.165) is 16.8 Å². The monoisotopic (exact) mass is 336 g/mol. The molecule has 6 nitrogen and oxygen atoms in total. The van der Waals surface area contributed by atoms with E-state index in [-0.39, 0.29) is 5.56 Å². The molecule has 0 saturated carbocycles. The summed E-state index contributed by atoms with van der Waals surface area (Å²) in [6, 6.07) is 12.3. The number of aromatic nitrogens is 3. The minimum absolute atomic E-state index is 0.267. The fraction of sp³-hybridized carbons (Fsp3) is 0.158. The highest BCUT2D eigenvalue weighted by molar-refractivity contribution is 5.87. The molecule has 0 aliphatic rings. The van der Waals surface area contributed by atoms with Crippen LogP contribution in [-0.4, -0.2) is 26.0 Å². The molecule has 2 aromatic heterocycles. The minimum Gasteiger partial charge on any atom is -0.478 e. The van der Waals surface area contributed by atoms with Gasteiger partial charge >= 0.3 is 5.97 Å². The second kappa shape index (κ2) is 9.12. The Kier molecular flexibility index (Phi) is 6.59. The lowest BCUT2D eigenvalue weighted by Gasteiger charge is -2.07. The maximum atomic E-state index is 10.8. The van der Waals surface area contributed by atoms with Gasteiger partial charge in [0, 0.05) is 30.7 Å². The lowest BCUT2D eigenvalue weighted by molar-refractivity contribution is 0.0697. The topological polar surface area (TPSA) is 88.0 Å². The van der Waals surface area contributed by atoms with Gasteiger partial charge in [0.1, 0.15) is 0 Å². The van der Waals surface area contributed by atoms with Gasteiger partial charge in [-0.3, -0.25) is 4.98 Å². The minimum atomic E-state index is -0.933. The van der Waals surface area contributed by atoms with Crippen LogP contribution in [0.15, 0.2) is 61.1 Å². The molecule has 6 heteroatoms. The van der Waals surface area contributed by atoms with Crippen molar-refractivity contribution in [1.29, 1.82) is 0 Å². The molecule has 0 aliphatic carbocycles. The van der Waals surface area contributed by atoms with E-state index in [0.29, 0.717) is 12.5 Å². The number of benzene rings is 1. The number of carbonyl (C=O) groups is 1. The van der Waals surface area contributed by atoms with Crippen molar-refractivity contribution in [3.05, 3.63) is 72.2 Å². The summed E-state index contributed by atoms with van der Waals surface area (Å²) < 4.78 is 0. The van der Waals surface area contributed by atoms with E-state index in [4.69, 9.17) is 5.11 Å². The summed E-state index contributed by atoms with van der Waals surface area (Å²) in [5, 5.41) is 12.0. The summed E-state index contributed by atoms with van der Waals surface area (Å²) in [4.78, 5) is 23.5. The first-order valence-corrected chi connectivity index (χ1v) is 8.02. The van der Waals surface area contributed by atoms with Gasteiger partial charge in [-0.25, -0.2) is 14.8 Å². The van der Waals surface area contributed by atoms with Crippen LogP contribution in [0.2, 0.25) is 0 Å².